The highest BCUT2D eigenvalue weighted by Crippen LogP contribution is 2.21. The zero-order chi connectivity index (χ0) is 14.2. The lowest BCUT2D eigenvalue weighted by molar-refractivity contribution is -0.175. The summed E-state index contributed by atoms with van der Waals surface area (Å²) in [6.07, 6.45) is -2.74. The summed E-state index contributed by atoms with van der Waals surface area (Å²) in [4.78, 5) is 11.2. The maximum Gasteiger partial charge on any atom is 0.411 e. The van der Waals surface area contributed by atoms with Crippen molar-refractivity contribution < 1.29 is 22.7 Å². The third-order valence-electron chi connectivity index (χ3n) is 2.25. The Kier molecular flexibility index (Phi) is 7.62. The lowest BCUT2D eigenvalue weighted by Crippen LogP contribution is -2.36. The van der Waals surface area contributed by atoms with Gasteiger partial charge in [-0.25, -0.2) is 0 Å². The molecule has 1 N–H and O–H groups in total. The van der Waals surface area contributed by atoms with Crippen LogP contribution in [0.25, 0.3) is 0 Å². The standard InChI is InChI=1S/C11H19ClF3NO2/c1-10(2,4-3-5-12)7-16-9(17)6-18-8-11(13,14)15/h3-8H2,1-2H3,(H,16,17). The van der Waals surface area contributed by atoms with Crippen LogP contribution in [-0.2, 0) is 9.53 Å². The second-order valence-electron chi connectivity index (χ2n) is 4.84. The minimum atomic E-state index is -4.40. The summed E-state index contributed by atoms with van der Waals surface area (Å²) >= 11 is 5.57. The van der Waals surface area contributed by atoms with Crippen molar-refractivity contribution >= 4 is 17.5 Å². The number of carbonyl (C=O) groups is 1. The summed E-state index contributed by atoms with van der Waals surface area (Å²) < 4.78 is 39.5. The molecule has 0 bridgehead atoms. The molecule has 1 amide bonds. The second-order valence-corrected chi connectivity index (χ2v) is 5.22. The van der Waals surface area contributed by atoms with Crippen LogP contribution in [0.4, 0.5) is 13.2 Å². The second kappa shape index (κ2) is 7.84. The number of carbonyl (C=O) groups excluding carboxylic acids is 1. The number of hydrogen-bond donors (Lipinski definition) is 1. The van der Waals surface area contributed by atoms with E-state index in [-0.39, 0.29) is 5.41 Å². The van der Waals surface area contributed by atoms with Gasteiger partial charge >= 0.3 is 6.18 Å². The number of amides is 1. The first kappa shape index (κ1) is 17.5. The number of hydrogen-bond acceptors (Lipinski definition) is 2. The van der Waals surface area contributed by atoms with E-state index >= 15 is 0 Å². The highest BCUT2D eigenvalue weighted by atomic mass is 35.5. The lowest BCUT2D eigenvalue weighted by Gasteiger charge is -2.24. The van der Waals surface area contributed by atoms with Crippen molar-refractivity contribution in [2.45, 2.75) is 32.9 Å². The van der Waals surface area contributed by atoms with Gasteiger partial charge in [-0.05, 0) is 18.3 Å². The average molecular weight is 290 g/mol. The van der Waals surface area contributed by atoms with Crippen molar-refractivity contribution in [3.05, 3.63) is 0 Å². The van der Waals surface area contributed by atoms with Crippen molar-refractivity contribution in [2.24, 2.45) is 5.41 Å². The van der Waals surface area contributed by atoms with Crippen molar-refractivity contribution in [1.29, 1.82) is 0 Å². The molecule has 0 radical (unpaired) electrons. The smallest absolute Gasteiger partial charge is 0.362 e. The summed E-state index contributed by atoms with van der Waals surface area (Å²) in [7, 11) is 0. The molecule has 0 aliphatic heterocycles. The molecule has 7 heteroatoms. The molecule has 0 saturated heterocycles. The molecule has 0 aliphatic carbocycles. The maximum absolute atomic E-state index is 11.8. The first-order valence-electron chi connectivity index (χ1n) is 5.63. The Morgan fingerprint density at radius 3 is 2.44 bits per heavy atom. The fourth-order valence-corrected chi connectivity index (χ4v) is 1.42. The Labute approximate surface area is 110 Å². The van der Waals surface area contributed by atoms with Gasteiger partial charge in [0.05, 0.1) is 0 Å². The average Bonchev–Trinajstić information content (AvgIpc) is 2.22. The molecule has 0 rings (SSSR count). The van der Waals surface area contributed by atoms with Crippen LogP contribution >= 0.6 is 11.6 Å². The SMILES string of the molecule is CC(C)(CCCCl)CNC(=O)COCC(F)(F)F. The monoisotopic (exact) mass is 289 g/mol. The molecule has 18 heavy (non-hydrogen) atoms. The molecular formula is C11H19ClF3NO2. The Bertz CT molecular complexity index is 257. The Balaban J connectivity index is 3.76. The van der Waals surface area contributed by atoms with Crippen LogP contribution in [0.3, 0.4) is 0 Å². The molecule has 0 atom stereocenters. The van der Waals surface area contributed by atoms with E-state index in [9.17, 15) is 18.0 Å². The van der Waals surface area contributed by atoms with E-state index in [2.05, 4.69) is 10.1 Å². The van der Waals surface area contributed by atoms with E-state index < -0.39 is 25.3 Å². The topological polar surface area (TPSA) is 38.3 Å². The van der Waals surface area contributed by atoms with E-state index in [0.29, 0.717) is 12.4 Å². The fourth-order valence-electron chi connectivity index (χ4n) is 1.28. The van der Waals surface area contributed by atoms with Crippen molar-refractivity contribution in [3.63, 3.8) is 0 Å². The molecule has 0 aliphatic rings. The van der Waals surface area contributed by atoms with Crippen molar-refractivity contribution in [1.82, 2.24) is 5.32 Å². The van der Waals surface area contributed by atoms with Crippen LogP contribution in [0.1, 0.15) is 26.7 Å². The molecule has 0 unspecified atom stereocenters. The first-order valence-corrected chi connectivity index (χ1v) is 6.17. The minimum absolute atomic E-state index is 0.130. The van der Waals surface area contributed by atoms with Gasteiger partial charge in [-0.2, -0.15) is 13.2 Å². The van der Waals surface area contributed by atoms with Crippen molar-refractivity contribution in [3.8, 4) is 0 Å². The number of ether oxygens (including phenoxy) is 1. The van der Waals surface area contributed by atoms with Gasteiger partial charge in [0, 0.05) is 12.4 Å². The first-order chi connectivity index (χ1) is 8.16. The van der Waals surface area contributed by atoms with Gasteiger partial charge < -0.3 is 10.1 Å². The zero-order valence-electron chi connectivity index (χ0n) is 10.6. The largest absolute Gasteiger partial charge is 0.411 e. The summed E-state index contributed by atoms with van der Waals surface area (Å²) in [5.74, 6) is 0.00435. The van der Waals surface area contributed by atoms with Gasteiger partial charge in [0.1, 0.15) is 13.2 Å². The highest BCUT2D eigenvalue weighted by Gasteiger charge is 2.28. The van der Waals surface area contributed by atoms with E-state index in [1.165, 1.54) is 0 Å². The number of nitrogens with one attached hydrogen (secondary N) is 1. The van der Waals surface area contributed by atoms with E-state index in [0.717, 1.165) is 12.8 Å². The van der Waals surface area contributed by atoms with E-state index in [1.807, 2.05) is 13.8 Å². The minimum Gasteiger partial charge on any atom is -0.362 e. The van der Waals surface area contributed by atoms with Gasteiger partial charge in [0.15, 0.2) is 0 Å². The third kappa shape index (κ3) is 10.7. The molecule has 0 aromatic heterocycles. The maximum atomic E-state index is 11.8. The van der Waals surface area contributed by atoms with Gasteiger partial charge in [-0.15, -0.1) is 11.6 Å². The fraction of sp³-hybridized carbons (Fsp3) is 0.909. The van der Waals surface area contributed by atoms with Crippen LogP contribution in [0.2, 0.25) is 0 Å². The summed E-state index contributed by atoms with van der Waals surface area (Å²) in [5, 5.41) is 2.54. The normalized spacial score (nSPS) is 12.6. The molecule has 0 spiro atoms. The molecule has 108 valence electrons. The van der Waals surface area contributed by atoms with Crippen LogP contribution < -0.4 is 5.32 Å². The predicted octanol–water partition coefficient (Wildman–Crippen LogP) is 2.73. The molecule has 0 fully saturated rings. The van der Waals surface area contributed by atoms with Gasteiger partial charge in [-0.3, -0.25) is 4.79 Å². The van der Waals surface area contributed by atoms with E-state index in [1.54, 1.807) is 0 Å². The molecule has 0 heterocycles. The van der Waals surface area contributed by atoms with Crippen LogP contribution in [-0.4, -0.2) is 37.7 Å². The quantitative estimate of drug-likeness (QED) is 0.698. The molecule has 0 aromatic carbocycles. The lowest BCUT2D eigenvalue weighted by atomic mass is 9.88. The number of alkyl halides is 4. The Morgan fingerprint density at radius 1 is 1.33 bits per heavy atom. The number of rotatable bonds is 8. The summed E-state index contributed by atoms with van der Waals surface area (Å²) in [6.45, 7) is 2.31. The van der Waals surface area contributed by atoms with Crippen molar-refractivity contribution in [2.75, 3.05) is 25.6 Å². The molecule has 3 nitrogen and oxygen atoms in total. The van der Waals surface area contributed by atoms with Gasteiger partial charge in [-0.1, -0.05) is 13.8 Å². The third-order valence-corrected chi connectivity index (χ3v) is 2.52. The zero-order valence-corrected chi connectivity index (χ0v) is 11.3. The molecule has 0 saturated carbocycles. The van der Waals surface area contributed by atoms with Gasteiger partial charge in [0.2, 0.25) is 5.91 Å². The van der Waals surface area contributed by atoms with Crippen LogP contribution in [0.5, 0.6) is 0 Å². The van der Waals surface area contributed by atoms with Crippen LogP contribution in [0.15, 0.2) is 0 Å². The Hall–Kier alpha value is -0.490. The van der Waals surface area contributed by atoms with E-state index in [4.69, 9.17) is 11.6 Å². The predicted molar refractivity (Wildman–Crippen MR) is 63.6 cm³/mol. The summed E-state index contributed by atoms with van der Waals surface area (Å²) in [6, 6.07) is 0. The highest BCUT2D eigenvalue weighted by molar-refractivity contribution is 6.17. The molecule has 0 aromatic rings. The number of halogens is 4. The Morgan fingerprint density at radius 2 is 1.94 bits per heavy atom. The van der Waals surface area contributed by atoms with Gasteiger partial charge in [0.25, 0.3) is 0 Å². The van der Waals surface area contributed by atoms with Crippen LogP contribution in [0, 0.1) is 5.41 Å². The molecular weight excluding hydrogens is 271 g/mol. The summed E-state index contributed by atoms with van der Waals surface area (Å²) in [5.41, 5.74) is -0.130.